The second-order valence-corrected chi connectivity index (χ2v) is 11.7. The Morgan fingerprint density at radius 2 is 1.95 bits per heavy atom. The molecule has 0 radical (unpaired) electrons. The lowest BCUT2D eigenvalue weighted by atomic mass is 10.00. The van der Waals surface area contributed by atoms with Crippen molar-refractivity contribution in [3.8, 4) is 23.1 Å². The summed E-state index contributed by atoms with van der Waals surface area (Å²) in [4.78, 5) is 21.6. The van der Waals surface area contributed by atoms with E-state index in [2.05, 4.69) is 20.4 Å². The third kappa shape index (κ3) is 5.83. The molecule has 1 amide bonds. The highest BCUT2D eigenvalue weighted by atomic mass is 32.2. The zero-order chi connectivity index (χ0) is 28.7. The fourth-order valence-electron chi connectivity index (χ4n) is 4.96. The third-order valence-electron chi connectivity index (χ3n) is 7.26. The zero-order valence-electron chi connectivity index (χ0n) is 21.6. The van der Waals surface area contributed by atoms with Gasteiger partial charge >= 0.3 is 15.6 Å². The Kier molecular flexibility index (Phi) is 7.58. The highest BCUT2D eigenvalue weighted by Gasteiger charge is 2.49. The van der Waals surface area contributed by atoms with Gasteiger partial charge in [-0.1, -0.05) is 0 Å². The van der Waals surface area contributed by atoms with Crippen LogP contribution in [-0.2, 0) is 19.6 Å². The molecular formula is C25H27F3N6O5S. The summed E-state index contributed by atoms with van der Waals surface area (Å²) in [6.45, 7) is 1.84. The van der Waals surface area contributed by atoms with E-state index in [0.717, 1.165) is 31.7 Å². The topological polar surface area (TPSA) is 139 Å². The number of amides is 1. The summed E-state index contributed by atoms with van der Waals surface area (Å²) in [6, 6.07) is 4.80. The minimum absolute atomic E-state index is 0.00446. The number of pyridine rings is 1. The molecule has 1 atom stereocenters. The maximum atomic E-state index is 12.8. The predicted octanol–water partition coefficient (Wildman–Crippen LogP) is 2.98. The minimum Gasteiger partial charge on any atom is -0.384 e. The van der Waals surface area contributed by atoms with Crippen molar-refractivity contribution in [1.82, 2.24) is 20.1 Å². The molecule has 40 heavy (non-hydrogen) atoms. The number of rotatable bonds is 9. The maximum absolute atomic E-state index is 12.8. The Bertz CT molecular complexity index is 1440. The number of aromatic nitrogens is 3. The van der Waals surface area contributed by atoms with Gasteiger partial charge in [-0.2, -0.15) is 31.9 Å². The molecule has 15 heteroatoms. The molecule has 214 valence electrons. The number of carbonyl (C=O) groups is 1. The summed E-state index contributed by atoms with van der Waals surface area (Å²) < 4.78 is 70.6. The molecule has 0 spiro atoms. The first-order valence-corrected chi connectivity index (χ1v) is 14.3. The van der Waals surface area contributed by atoms with E-state index in [1.54, 1.807) is 13.2 Å². The van der Waals surface area contributed by atoms with Crippen molar-refractivity contribution in [3.05, 3.63) is 29.6 Å². The van der Waals surface area contributed by atoms with Crippen molar-refractivity contribution >= 4 is 21.8 Å². The van der Waals surface area contributed by atoms with Crippen LogP contribution in [0.25, 0.3) is 11.1 Å². The molecule has 5 rings (SSSR count). The molecule has 3 aliphatic rings. The number of hydrogen-bond acceptors (Lipinski definition) is 10. The number of nitriles is 1. The van der Waals surface area contributed by atoms with Gasteiger partial charge in [0.1, 0.15) is 11.9 Å². The lowest BCUT2D eigenvalue weighted by Crippen LogP contribution is -2.56. The second kappa shape index (κ2) is 10.8. The minimum atomic E-state index is -5.93. The molecule has 1 unspecified atom stereocenters. The quantitative estimate of drug-likeness (QED) is 0.321. The Morgan fingerprint density at radius 3 is 2.58 bits per heavy atom. The van der Waals surface area contributed by atoms with Gasteiger partial charge in [0.05, 0.1) is 36.5 Å². The number of halogens is 3. The van der Waals surface area contributed by atoms with Crippen LogP contribution in [0.3, 0.4) is 0 Å². The van der Waals surface area contributed by atoms with E-state index in [0.29, 0.717) is 55.7 Å². The normalized spacial score (nSPS) is 19.8. The summed E-state index contributed by atoms with van der Waals surface area (Å²) in [7, 11) is -4.38. The predicted molar refractivity (Wildman–Crippen MR) is 134 cm³/mol. The van der Waals surface area contributed by atoms with Crippen LogP contribution in [0.4, 0.5) is 19.0 Å². The van der Waals surface area contributed by atoms with Gasteiger partial charge in [-0.3, -0.25) is 4.79 Å². The molecule has 0 aromatic carbocycles. The SMILES string of the molecule is COCCC(=O)N1CCN(c2nc(C3CC3)c(-c3cnnc(OS(=O)(=O)C(F)(F)F)c3)cc2C#N)CC1C1CC1. The summed E-state index contributed by atoms with van der Waals surface area (Å²) in [5.41, 5.74) is -4.08. The molecule has 2 aliphatic carbocycles. The van der Waals surface area contributed by atoms with E-state index in [1.807, 2.05) is 9.80 Å². The van der Waals surface area contributed by atoms with Crippen molar-refractivity contribution in [2.75, 3.05) is 38.3 Å². The van der Waals surface area contributed by atoms with Crippen molar-refractivity contribution in [3.63, 3.8) is 0 Å². The lowest BCUT2D eigenvalue weighted by molar-refractivity contribution is -0.135. The molecule has 2 aromatic heterocycles. The highest BCUT2D eigenvalue weighted by molar-refractivity contribution is 7.87. The molecule has 1 aliphatic heterocycles. The van der Waals surface area contributed by atoms with Gasteiger partial charge in [0.25, 0.3) is 5.88 Å². The molecule has 1 saturated heterocycles. The molecule has 3 heterocycles. The number of carbonyl (C=O) groups excluding carboxylic acids is 1. The van der Waals surface area contributed by atoms with Crippen LogP contribution >= 0.6 is 0 Å². The maximum Gasteiger partial charge on any atom is 0.534 e. The molecule has 2 saturated carbocycles. The van der Waals surface area contributed by atoms with Crippen LogP contribution < -0.4 is 9.08 Å². The number of methoxy groups -OCH3 is 1. The monoisotopic (exact) mass is 580 g/mol. The second-order valence-electron chi connectivity index (χ2n) is 10.1. The number of alkyl halides is 3. The Hall–Kier alpha value is -3.51. The highest BCUT2D eigenvalue weighted by Crippen LogP contribution is 2.46. The van der Waals surface area contributed by atoms with Crippen LogP contribution in [0, 0.1) is 17.2 Å². The molecule has 3 fully saturated rings. The largest absolute Gasteiger partial charge is 0.534 e. The first kappa shape index (κ1) is 28.0. The Labute approximate surface area is 229 Å². The molecule has 11 nitrogen and oxygen atoms in total. The Balaban J connectivity index is 1.46. The smallest absolute Gasteiger partial charge is 0.384 e. The van der Waals surface area contributed by atoms with E-state index >= 15 is 0 Å². The van der Waals surface area contributed by atoms with E-state index in [1.165, 1.54) is 6.20 Å². The number of anilines is 1. The first-order valence-electron chi connectivity index (χ1n) is 12.8. The van der Waals surface area contributed by atoms with Crippen molar-refractivity contribution < 1.29 is 35.3 Å². The first-order chi connectivity index (χ1) is 19.0. The van der Waals surface area contributed by atoms with Crippen LogP contribution in [-0.4, -0.2) is 79.3 Å². The van der Waals surface area contributed by atoms with E-state index < -0.39 is 21.5 Å². The summed E-state index contributed by atoms with van der Waals surface area (Å²) in [6.07, 6.45) is 5.29. The fraction of sp³-hybridized carbons (Fsp3) is 0.560. The van der Waals surface area contributed by atoms with Gasteiger partial charge in [-0.05, 0) is 37.7 Å². The number of hydrogen-bond donors (Lipinski definition) is 0. The van der Waals surface area contributed by atoms with E-state index in [4.69, 9.17) is 9.72 Å². The van der Waals surface area contributed by atoms with Crippen LogP contribution in [0.15, 0.2) is 18.3 Å². The fourth-order valence-corrected chi connectivity index (χ4v) is 5.36. The van der Waals surface area contributed by atoms with Gasteiger partial charge in [0.15, 0.2) is 0 Å². The molecule has 2 aromatic rings. The van der Waals surface area contributed by atoms with Crippen molar-refractivity contribution in [1.29, 1.82) is 5.26 Å². The van der Waals surface area contributed by atoms with Crippen molar-refractivity contribution in [2.24, 2.45) is 5.92 Å². The summed E-state index contributed by atoms with van der Waals surface area (Å²) >= 11 is 0. The Morgan fingerprint density at radius 1 is 1.20 bits per heavy atom. The standard InChI is InChI=1S/C25H27F3N6O5S/c1-38-9-6-22(35)34-8-7-33(14-20(34)15-2-3-15)24-17(12-29)10-19(23(31-24)16-4-5-16)18-11-21(32-30-13-18)39-40(36,37)25(26,27)28/h10-11,13,15-16,20H,2-9,14H2,1H3. The van der Waals surface area contributed by atoms with Crippen LogP contribution in [0.1, 0.15) is 49.3 Å². The van der Waals surface area contributed by atoms with E-state index in [-0.39, 0.29) is 29.0 Å². The zero-order valence-corrected chi connectivity index (χ0v) is 22.4. The van der Waals surface area contributed by atoms with Gasteiger partial charge in [-0.25, -0.2) is 4.98 Å². The van der Waals surface area contributed by atoms with Crippen molar-refractivity contribution in [2.45, 2.75) is 49.6 Å². The van der Waals surface area contributed by atoms with Gasteiger partial charge in [-0.15, -0.1) is 5.10 Å². The van der Waals surface area contributed by atoms with Gasteiger partial charge < -0.3 is 18.7 Å². The van der Waals surface area contributed by atoms with Crippen LogP contribution in [0.2, 0.25) is 0 Å². The van der Waals surface area contributed by atoms with Crippen LogP contribution in [0.5, 0.6) is 5.88 Å². The molecule has 0 bridgehead atoms. The lowest BCUT2D eigenvalue weighted by Gasteiger charge is -2.42. The number of ether oxygens (including phenoxy) is 1. The van der Waals surface area contributed by atoms with Gasteiger partial charge in [0, 0.05) is 49.9 Å². The number of piperazine rings is 1. The number of nitrogens with zero attached hydrogens (tertiary/aromatic N) is 6. The molecule has 0 N–H and O–H groups in total. The average Bonchev–Trinajstić information content (AvgIpc) is 3.83. The van der Waals surface area contributed by atoms with Gasteiger partial charge in [0.2, 0.25) is 5.91 Å². The average molecular weight is 581 g/mol. The molecular weight excluding hydrogens is 553 g/mol. The summed E-state index contributed by atoms with van der Waals surface area (Å²) in [5.74, 6) is 0.128. The third-order valence-corrected chi connectivity index (χ3v) is 8.22. The summed E-state index contributed by atoms with van der Waals surface area (Å²) in [5, 5.41) is 17.0. The van der Waals surface area contributed by atoms with E-state index in [9.17, 15) is 31.6 Å².